The van der Waals surface area contributed by atoms with Gasteiger partial charge in [0.25, 0.3) is 0 Å². The molecule has 0 saturated heterocycles. The van der Waals surface area contributed by atoms with E-state index >= 15 is 0 Å². The number of hydrogen-bond acceptors (Lipinski definition) is 3. The number of nitrogens with zero attached hydrogens (tertiary/aromatic N) is 1. The van der Waals surface area contributed by atoms with Crippen molar-refractivity contribution in [3.05, 3.63) is 34.4 Å². The van der Waals surface area contributed by atoms with Gasteiger partial charge in [-0.1, -0.05) is 13.8 Å². The van der Waals surface area contributed by atoms with E-state index < -0.39 is 0 Å². The van der Waals surface area contributed by atoms with Crippen molar-refractivity contribution in [2.75, 3.05) is 7.11 Å². The molecule has 0 aliphatic heterocycles. The molecule has 84 valence electrons. The molecular formula is C13H15NO2. The summed E-state index contributed by atoms with van der Waals surface area (Å²) < 4.78 is 4.73. The number of methoxy groups -OCH3 is 1. The first-order chi connectivity index (χ1) is 7.69. The minimum absolute atomic E-state index is 0.337. The van der Waals surface area contributed by atoms with E-state index in [-0.39, 0.29) is 5.97 Å². The van der Waals surface area contributed by atoms with Crippen molar-refractivity contribution >= 4 is 5.97 Å². The van der Waals surface area contributed by atoms with Crippen molar-refractivity contribution in [3.63, 3.8) is 0 Å². The molecule has 3 nitrogen and oxygen atoms in total. The highest BCUT2D eigenvalue weighted by molar-refractivity contribution is 5.91. The van der Waals surface area contributed by atoms with Crippen LogP contribution in [0.15, 0.2) is 12.1 Å². The smallest absolute Gasteiger partial charge is 0.338 e. The predicted molar refractivity (Wildman–Crippen MR) is 61.3 cm³/mol. The maximum Gasteiger partial charge on any atom is 0.338 e. The van der Waals surface area contributed by atoms with Gasteiger partial charge in [0.2, 0.25) is 0 Å². The zero-order chi connectivity index (χ0) is 12.1. The van der Waals surface area contributed by atoms with Gasteiger partial charge in [-0.15, -0.1) is 0 Å². The van der Waals surface area contributed by atoms with Crippen molar-refractivity contribution in [2.45, 2.75) is 26.7 Å². The van der Waals surface area contributed by atoms with Crippen LogP contribution in [0.25, 0.3) is 0 Å². The van der Waals surface area contributed by atoms with E-state index in [0.717, 1.165) is 24.0 Å². The fourth-order valence-electron chi connectivity index (χ4n) is 1.91. The van der Waals surface area contributed by atoms with Crippen LogP contribution in [-0.2, 0) is 17.6 Å². The minimum atomic E-state index is -0.337. The Kier molecular flexibility index (Phi) is 4.07. The van der Waals surface area contributed by atoms with Gasteiger partial charge in [-0.05, 0) is 36.1 Å². The Balaban J connectivity index is 3.44. The molecule has 0 fully saturated rings. The van der Waals surface area contributed by atoms with Crippen LogP contribution in [0.3, 0.4) is 0 Å². The second kappa shape index (κ2) is 5.32. The number of esters is 1. The highest BCUT2D eigenvalue weighted by Gasteiger charge is 2.16. The second-order valence-corrected chi connectivity index (χ2v) is 3.43. The van der Waals surface area contributed by atoms with Crippen LogP contribution >= 0.6 is 0 Å². The van der Waals surface area contributed by atoms with Crippen LogP contribution in [0.1, 0.15) is 40.9 Å². The van der Waals surface area contributed by atoms with Crippen molar-refractivity contribution in [1.29, 1.82) is 5.26 Å². The Labute approximate surface area is 95.7 Å². The highest BCUT2D eigenvalue weighted by Crippen LogP contribution is 2.21. The Morgan fingerprint density at radius 1 is 1.31 bits per heavy atom. The zero-order valence-corrected chi connectivity index (χ0v) is 9.83. The van der Waals surface area contributed by atoms with Crippen LogP contribution in [0.2, 0.25) is 0 Å². The van der Waals surface area contributed by atoms with Gasteiger partial charge in [-0.2, -0.15) is 5.26 Å². The maximum absolute atomic E-state index is 11.6. The molecule has 0 amide bonds. The lowest BCUT2D eigenvalue weighted by Crippen LogP contribution is -2.09. The molecule has 1 rings (SSSR count). The number of benzene rings is 1. The van der Waals surface area contributed by atoms with E-state index in [4.69, 9.17) is 10.00 Å². The van der Waals surface area contributed by atoms with E-state index in [1.165, 1.54) is 7.11 Å². The van der Waals surface area contributed by atoms with Crippen LogP contribution < -0.4 is 0 Å². The lowest BCUT2D eigenvalue weighted by Gasteiger charge is -2.12. The summed E-state index contributed by atoms with van der Waals surface area (Å²) >= 11 is 0. The first-order valence-corrected chi connectivity index (χ1v) is 5.32. The van der Waals surface area contributed by atoms with Crippen LogP contribution in [0.5, 0.6) is 0 Å². The molecule has 0 bridgehead atoms. The minimum Gasteiger partial charge on any atom is -0.465 e. The summed E-state index contributed by atoms with van der Waals surface area (Å²) in [6.07, 6.45) is 1.47. The molecule has 16 heavy (non-hydrogen) atoms. The SMILES string of the molecule is CCc1c(C#N)ccc(C(=O)OC)c1CC. The molecule has 3 heteroatoms. The maximum atomic E-state index is 11.6. The zero-order valence-electron chi connectivity index (χ0n) is 9.83. The molecule has 0 unspecified atom stereocenters. The topological polar surface area (TPSA) is 50.1 Å². The van der Waals surface area contributed by atoms with Gasteiger partial charge in [0.15, 0.2) is 0 Å². The highest BCUT2D eigenvalue weighted by atomic mass is 16.5. The first-order valence-electron chi connectivity index (χ1n) is 5.32. The standard InChI is InChI=1S/C13H15NO2/c1-4-10-9(8-14)6-7-12(11(10)5-2)13(15)16-3/h6-7H,4-5H2,1-3H3. The number of ether oxygens (including phenoxy) is 1. The molecule has 0 spiro atoms. The van der Waals surface area contributed by atoms with E-state index in [2.05, 4.69) is 6.07 Å². The van der Waals surface area contributed by atoms with Gasteiger partial charge < -0.3 is 4.74 Å². The third-order valence-electron chi connectivity index (χ3n) is 2.66. The molecular weight excluding hydrogens is 202 g/mol. The second-order valence-electron chi connectivity index (χ2n) is 3.43. The monoisotopic (exact) mass is 217 g/mol. The van der Waals surface area contributed by atoms with Crippen LogP contribution in [0, 0.1) is 11.3 Å². The Hall–Kier alpha value is -1.82. The Morgan fingerprint density at radius 3 is 2.38 bits per heavy atom. The summed E-state index contributed by atoms with van der Waals surface area (Å²) in [5.74, 6) is -0.337. The molecule has 0 aliphatic carbocycles. The van der Waals surface area contributed by atoms with Crippen LogP contribution in [0.4, 0.5) is 0 Å². The Bertz CT molecular complexity index is 444. The van der Waals surface area contributed by atoms with Gasteiger partial charge in [-0.3, -0.25) is 0 Å². The van der Waals surface area contributed by atoms with Gasteiger partial charge in [-0.25, -0.2) is 4.79 Å². The van der Waals surface area contributed by atoms with Crippen molar-refractivity contribution in [1.82, 2.24) is 0 Å². The average molecular weight is 217 g/mol. The lowest BCUT2D eigenvalue weighted by molar-refractivity contribution is 0.0599. The number of hydrogen-bond donors (Lipinski definition) is 0. The normalized spacial score (nSPS) is 9.62. The van der Waals surface area contributed by atoms with E-state index in [1.807, 2.05) is 13.8 Å². The van der Waals surface area contributed by atoms with Crippen LogP contribution in [-0.4, -0.2) is 13.1 Å². The molecule has 0 atom stereocenters. The molecule has 0 saturated carbocycles. The number of carbonyl (C=O) groups is 1. The van der Waals surface area contributed by atoms with E-state index in [0.29, 0.717) is 11.1 Å². The molecule has 0 N–H and O–H groups in total. The average Bonchev–Trinajstić information content (AvgIpc) is 2.35. The van der Waals surface area contributed by atoms with Gasteiger partial charge in [0.1, 0.15) is 0 Å². The fraction of sp³-hybridized carbons (Fsp3) is 0.385. The summed E-state index contributed by atoms with van der Waals surface area (Å²) in [6, 6.07) is 5.51. The molecule has 0 heterocycles. The summed E-state index contributed by atoms with van der Waals surface area (Å²) in [7, 11) is 1.37. The van der Waals surface area contributed by atoms with Gasteiger partial charge >= 0.3 is 5.97 Å². The van der Waals surface area contributed by atoms with Gasteiger partial charge in [0, 0.05) is 0 Å². The number of carbonyl (C=O) groups excluding carboxylic acids is 1. The largest absolute Gasteiger partial charge is 0.465 e. The van der Waals surface area contributed by atoms with E-state index in [1.54, 1.807) is 12.1 Å². The molecule has 1 aromatic rings. The summed E-state index contributed by atoms with van der Waals surface area (Å²) in [5, 5.41) is 8.99. The van der Waals surface area contributed by atoms with Crippen molar-refractivity contribution in [3.8, 4) is 6.07 Å². The molecule has 0 radical (unpaired) electrons. The Morgan fingerprint density at radius 2 is 1.94 bits per heavy atom. The quantitative estimate of drug-likeness (QED) is 0.731. The fourth-order valence-corrected chi connectivity index (χ4v) is 1.91. The molecule has 0 aliphatic rings. The first kappa shape index (κ1) is 12.3. The molecule has 1 aromatic carbocycles. The predicted octanol–water partition coefficient (Wildman–Crippen LogP) is 2.47. The van der Waals surface area contributed by atoms with E-state index in [9.17, 15) is 4.79 Å². The summed E-state index contributed by atoms with van der Waals surface area (Å²) in [6.45, 7) is 3.96. The van der Waals surface area contributed by atoms with Gasteiger partial charge in [0.05, 0.1) is 24.3 Å². The summed E-state index contributed by atoms with van der Waals surface area (Å²) in [5.41, 5.74) is 3.09. The van der Waals surface area contributed by atoms with Crippen molar-refractivity contribution in [2.24, 2.45) is 0 Å². The third kappa shape index (κ3) is 2.06. The summed E-state index contributed by atoms with van der Waals surface area (Å²) in [4.78, 5) is 11.6. The number of rotatable bonds is 3. The molecule has 0 aromatic heterocycles. The lowest BCUT2D eigenvalue weighted by atomic mass is 9.93. The number of nitriles is 1. The third-order valence-corrected chi connectivity index (χ3v) is 2.66. The van der Waals surface area contributed by atoms with Crippen molar-refractivity contribution < 1.29 is 9.53 Å².